The molecule has 1 saturated heterocycles. The van der Waals surface area contributed by atoms with Crippen molar-refractivity contribution in [2.45, 2.75) is 76.9 Å². The molecule has 9 heteroatoms. The van der Waals surface area contributed by atoms with E-state index in [1.807, 2.05) is 17.9 Å². The minimum atomic E-state index is -0.533. The van der Waals surface area contributed by atoms with Crippen molar-refractivity contribution < 1.29 is 14.0 Å². The summed E-state index contributed by atoms with van der Waals surface area (Å²) in [5.41, 5.74) is 1.49. The van der Waals surface area contributed by atoms with Crippen molar-refractivity contribution in [3.63, 3.8) is 0 Å². The zero-order valence-electron chi connectivity index (χ0n) is 21.4. The predicted molar refractivity (Wildman–Crippen MR) is 137 cm³/mol. The zero-order chi connectivity index (χ0) is 25.7. The summed E-state index contributed by atoms with van der Waals surface area (Å²) >= 11 is 0. The number of halogens is 1. The molecule has 2 aliphatic rings. The van der Waals surface area contributed by atoms with E-state index >= 15 is 0 Å². The number of likely N-dealkylation sites (N-methyl/N-ethyl adjacent to an activating group) is 1. The van der Waals surface area contributed by atoms with E-state index in [2.05, 4.69) is 25.9 Å². The third-order valence-corrected chi connectivity index (χ3v) is 7.36. The third-order valence-electron chi connectivity index (χ3n) is 7.36. The van der Waals surface area contributed by atoms with Crippen LogP contribution in [-0.2, 0) is 9.59 Å². The van der Waals surface area contributed by atoms with Gasteiger partial charge in [0.1, 0.15) is 23.5 Å². The predicted octanol–water partition coefficient (Wildman–Crippen LogP) is 4.00. The highest BCUT2D eigenvalue weighted by atomic mass is 19.1. The van der Waals surface area contributed by atoms with E-state index in [0.717, 1.165) is 49.9 Å². The third kappa shape index (κ3) is 6.19. The van der Waals surface area contributed by atoms with Crippen LogP contribution in [0.4, 0.5) is 15.9 Å². The first kappa shape index (κ1) is 26.0. The van der Waals surface area contributed by atoms with Crippen LogP contribution in [0.1, 0.15) is 69.4 Å². The molecule has 1 aliphatic carbocycles. The number of rotatable bonds is 8. The van der Waals surface area contributed by atoms with E-state index in [1.54, 1.807) is 26.1 Å². The zero-order valence-corrected chi connectivity index (χ0v) is 21.4. The van der Waals surface area contributed by atoms with Gasteiger partial charge < -0.3 is 20.9 Å². The van der Waals surface area contributed by atoms with Gasteiger partial charge in [0.15, 0.2) is 0 Å². The second-order valence-electron chi connectivity index (χ2n) is 9.94. The van der Waals surface area contributed by atoms with E-state index in [0.29, 0.717) is 18.2 Å². The molecule has 2 heterocycles. The highest BCUT2D eigenvalue weighted by Crippen LogP contribution is 2.35. The summed E-state index contributed by atoms with van der Waals surface area (Å²) in [4.78, 5) is 37.8. The number of aryl methyl sites for hydroxylation is 1. The van der Waals surface area contributed by atoms with Crippen molar-refractivity contribution in [3.8, 4) is 0 Å². The molecular weight excluding hydrogens is 459 g/mol. The first-order valence-corrected chi connectivity index (χ1v) is 13.0. The lowest BCUT2D eigenvalue weighted by atomic mass is 9.83. The van der Waals surface area contributed by atoms with Crippen LogP contribution in [0.2, 0.25) is 0 Å². The van der Waals surface area contributed by atoms with Crippen LogP contribution in [0.3, 0.4) is 0 Å². The monoisotopic (exact) mass is 496 g/mol. The number of carbonyl (C=O) groups excluding carboxylic acids is 2. The smallest absolute Gasteiger partial charge is 0.246 e. The minimum Gasteiger partial charge on any atom is -0.343 e. The summed E-state index contributed by atoms with van der Waals surface area (Å²) in [5.74, 6) is 0.859. The molecular formula is C27H37FN6O2. The summed E-state index contributed by atoms with van der Waals surface area (Å²) in [5, 5.41) is 9.26. The van der Waals surface area contributed by atoms with Crippen LogP contribution in [0.15, 0.2) is 30.3 Å². The fourth-order valence-electron chi connectivity index (χ4n) is 5.28. The van der Waals surface area contributed by atoms with Crippen molar-refractivity contribution in [2.75, 3.05) is 18.9 Å². The minimum absolute atomic E-state index is 0.0228. The van der Waals surface area contributed by atoms with E-state index < -0.39 is 6.04 Å². The van der Waals surface area contributed by atoms with Gasteiger partial charge in [-0.05, 0) is 76.8 Å². The number of hydrogen-bond donors (Lipinski definition) is 3. The summed E-state index contributed by atoms with van der Waals surface area (Å²) in [6, 6.07) is 6.87. The summed E-state index contributed by atoms with van der Waals surface area (Å²) in [6.07, 6.45) is 6.91. The lowest BCUT2D eigenvalue weighted by Crippen LogP contribution is -2.55. The quantitative estimate of drug-likeness (QED) is 0.511. The van der Waals surface area contributed by atoms with Gasteiger partial charge in [0.2, 0.25) is 11.8 Å². The molecule has 4 rings (SSSR count). The number of anilines is 2. The molecule has 0 spiro atoms. The summed E-state index contributed by atoms with van der Waals surface area (Å²) < 4.78 is 13.3. The second kappa shape index (κ2) is 11.8. The van der Waals surface area contributed by atoms with Gasteiger partial charge in [0.05, 0.1) is 17.8 Å². The molecule has 0 radical (unpaired) electrons. The van der Waals surface area contributed by atoms with E-state index in [4.69, 9.17) is 0 Å². The standard InChI is InChI=1S/C27H37FN6O2/c1-17(29-3)26(35)33-25(19-8-5-4-6-9-19)27(36)34-15-7-10-23(34)22-16-24(31-18(2)30-22)32-21-13-11-20(28)12-14-21/h11-14,16-17,19,23,25,29H,4-10,15H2,1-3H3,(H,33,35)(H,30,31,32)/t17-,23-,25-/m0/s1. The molecule has 2 fully saturated rings. The Bertz CT molecular complexity index is 1060. The number of likely N-dealkylation sites (tertiary alicyclic amines) is 1. The normalized spacial score (nSPS) is 20.1. The van der Waals surface area contributed by atoms with Crippen LogP contribution in [0.5, 0.6) is 0 Å². The topological polar surface area (TPSA) is 99.2 Å². The maximum atomic E-state index is 14.0. The molecule has 8 nitrogen and oxygen atoms in total. The summed E-state index contributed by atoms with van der Waals surface area (Å²) in [6.45, 7) is 4.26. The van der Waals surface area contributed by atoms with Crippen LogP contribution in [0, 0.1) is 18.7 Å². The molecule has 2 amide bonds. The van der Waals surface area contributed by atoms with Crippen LogP contribution in [-0.4, -0.2) is 52.4 Å². The molecule has 1 aliphatic heterocycles. The Hall–Kier alpha value is -3.07. The lowest BCUT2D eigenvalue weighted by Gasteiger charge is -2.35. The number of aromatic nitrogens is 2. The summed E-state index contributed by atoms with van der Waals surface area (Å²) in [7, 11) is 1.74. The van der Waals surface area contributed by atoms with Crippen molar-refractivity contribution in [2.24, 2.45) is 5.92 Å². The van der Waals surface area contributed by atoms with Gasteiger partial charge >= 0.3 is 0 Å². The Labute approximate surface area is 212 Å². The first-order valence-electron chi connectivity index (χ1n) is 13.0. The molecule has 2 aromatic rings. The largest absolute Gasteiger partial charge is 0.343 e. The molecule has 36 heavy (non-hydrogen) atoms. The highest BCUT2D eigenvalue weighted by molar-refractivity contribution is 5.90. The Morgan fingerprint density at radius 2 is 1.78 bits per heavy atom. The number of amides is 2. The fourth-order valence-corrected chi connectivity index (χ4v) is 5.28. The van der Waals surface area contributed by atoms with Gasteiger partial charge in [0, 0.05) is 18.3 Å². The van der Waals surface area contributed by atoms with Gasteiger partial charge in [0.25, 0.3) is 0 Å². The van der Waals surface area contributed by atoms with E-state index in [9.17, 15) is 14.0 Å². The molecule has 1 aromatic carbocycles. The Balaban J connectivity index is 1.56. The van der Waals surface area contributed by atoms with Gasteiger partial charge in [-0.15, -0.1) is 0 Å². The Morgan fingerprint density at radius 1 is 1.06 bits per heavy atom. The van der Waals surface area contributed by atoms with E-state index in [-0.39, 0.29) is 35.6 Å². The molecule has 0 unspecified atom stereocenters. The van der Waals surface area contributed by atoms with Crippen LogP contribution < -0.4 is 16.0 Å². The molecule has 1 saturated carbocycles. The number of carbonyl (C=O) groups is 2. The maximum Gasteiger partial charge on any atom is 0.246 e. The van der Waals surface area contributed by atoms with Crippen molar-refractivity contribution >= 4 is 23.3 Å². The van der Waals surface area contributed by atoms with E-state index in [1.165, 1.54) is 18.6 Å². The van der Waals surface area contributed by atoms with Gasteiger partial charge in [-0.2, -0.15) is 0 Å². The van der Waals surface area contributed by atoms with Crippen molar-refractivity contribution in [1.29, 1.82) is 0 Å². The highest BCUT2D eigenvalue weighted by Gasteiger charge is 2.39. The van der Waals surface area contributed by atoms with Gasteiger partial charge in [-0.3, -0.25) is 9.59 Å². The molecule has 3 atom stereocenters. The van der Waals surface area contributed by atoms with Crippen LogP contribution >= 0.6 is 0 Å². The second-order valence-corrected chi connectivity index (χ2v) is 9.94. The Morgan fingerprint density at radius 3 is 2.47 bits per heavy atom. The average molecular weight is 497 g/mol. The number of nitrogens with zero attached hydrogens (tertiary/aromatic N) is 3. The maximum absolute atomic E-state index is 14.0. The number of hydrogen-bond acceptors (Lipinski definition) is 6. The first-order chi connectivity index (χ1) is 17.4. The number of benzene rings is 1. The average Bonchev–Trinajstić information content (AvgIpc) is 3.38. The molecule has 3 N–H and O–H groups in total. The van der Waals surface area contributed by atoms with Gasteiger partial charge in [-0.1, -0.05) is 19.3 Å². The molecule has 194 valence electrons. The molecule has 0 bridgehead atoms. The van der Waals surface area contributed by atoms with Crippen molar-refractivity contribution in [1.82, 2.24) is 25.5 Å². The van der Waals surface area contributed by atoms with Gasteiger partial charge in [-0.25, -0.2) is 14.4 Å². The number of nitrogens with one attached hydrogen (secondary N) is 3. The van der Waals surface area contributed by atoms with Crippen molar-refractivity contribution in [3.05, 3.63) is 47.7 Å². The molecule has 1 aromatic heterocycles. The fraction of sp³-hybridized carbons (Fsp3) is 0.556. The SMILES string of the molecule is CN[C@@H](C)C(=O)N[C@H](C(=O)N1CCC[C@H]1c1cc(Nc2ccc(F)cc2)nc(C)n1)C1CCCCC1. The lowest BCUT2D eigenvalue weighted by molar-refractivity contribution is -0.139. The van der Waals surface area contributed by atoms with Crippen LogP contribution in [0.25, 0.3) is 0 Å². The Kier molecular flexibility index (Phi) is 8.51.